The molecule has 0 radical (unpaired) electrons. The monoisotopic (exact) mass is 297 g/mol. The second-order valence-corrected chi connectivity index (χ2v) is 3.57. The van der Waals surface area contributed by atoms with Crippen molar-refractivity contribution in [3.8, 4) is 0 Å². The number of alkyl halides is 2. The van der Waals surface area contributed by atoms with Crippen LogP contribution in [0.1, 0.15) is 29.4 Å². The van der Waals surface area contributed by atoms with Crippen molar-refractivity contribution >= 4 is 21.9 Å². The number of carbonyl (C=O) groups is 1. The highest BCUT2D eigenvalue weighted by Gasteiger charge is 2.21. The van der Waals surface area contributed by atoms with E-state index in [0.717, 1.165) is 6.07 Å². The Balaban J connectivity index is 3.15. The highest BCUT2D eigenvalue weighted by atomic mass is 79.9. The number of nitrogens with zero attached hydrogens (tertiary/aromatic N) is 1. The minimum absolute atomic E-state index is 0.0253. The molecule has 0 unspecified atom stereocenters. The first-order valence-corrected chi connectivity index (χ1v) is 5.07. The van der Waals surface area contributed by atoms with Crippen LogP contribution in [0.15, 0.2) is 10.5 Å². The molecule has 1 aromatic rings. The summed E-state index contributed by atoms with van der Waals surface area (Å²) in [7, 11) is 0. The first-order valence-electron chi connectivity index (χ1n) is 4.28. The van der Waals surface area contributed by atoms with E-state index < -0.39 is 23.9 Å². The van der Waals surface area contributed by atoms with Crippen molar-refractivity contribution in [2.24, 2.45) is 0 Å². The lowest BCUT2D eigenvalue weighted by molar-refractivity contribution is 0.0515. The Labute approximate surface area is 97.8 Å². The van der Waals surface area contributed by atoms with Crippen LogP contribution in [0.2, 0.25) is 0 Å². The summed E-state index contributed by atoms with van der Waals surface area (Å²) in [5.74, 6) is -2.24. The Morgan fingerprint density at radius 2 is 2.25 bits per heavy atom. The van der Waals surface area contributed by atoms with Gasteiger partial charge in [-0.1, -0.05) is 0 Å². The molecule has 0 amide bonds. The normalized spacial score (nSPS) is 10.6. The molecule has 16 heavy (non-hydrogen) atoms. The van der Waals surface area contributed by atoms with Crippen molar-refractivity contribution < 1.29 is 22.7 Å². The molecule has 0 saturated heterocycles. The van der Waals surface area contributed by atoms with Gasteiger partial charge in [-0.25, -0.2) is 18.6 Å². The fourth-order valence-corrected chi connectivity index (χ4v) is 1.47. The molecule has 0 aliphatic carbocycles. The van der Waals surface area contributed by atoms with Crippen molar-refractivity contribution in [2.45, 2.75) is 13.3 Å². The molecule has 0 aliphatic heterocycles. The number of esters is 1. The van der Waals surface area contributed by atoms with E-state index in [-0.39, 0.29) is 16.8 Å². The molecule has 1 aromatic heterocycles. The summed E-state index contributed by atoms with van der Waals surface area (Å²) in [6, 6.07) is 0.819. The Bertz CT molecular complexity index is 412. The van der Waals surface area contributed by atoms with Crippen molar-refractivity contribution in [1.82, 2.24) is 4.98 Å². The van der Waals surface area contributed by atoms with Gasteiger partial charge < -0.3 is 4.74 Å². The Hall–Kier alpha value is -1.11. The quantitative estimate of drug-likeness (QED) is 0.636. The van der Waals surface area contributed by atoms with Gasteiger partial charge in [0.05, 0.1) is 16.6 Å². The minimum Gasteiger partial charge on any atom is -0.461 e. The molecule has 0 aliphatic rings. The van der Waals surface area contributed by atoms with E-state index in [4.69, 9.17) is 0 Å². The van der Waals surface area contributed by atoms with Gasteiger partial charge in [0.25, 0.3) is 6.43 Å². The second kappa shape index (κ2) is 5.29. The van der Waals surface area contributed by atoms with Gasteiger partial charge in [0.2, 0.25) is 5.95 Å². The van der Waals surface area contributed by atoms with Gasteiger partial charge in [0, 0.05) is 0 Å². The summed E-state index contributed by atoms with van der Waals surface area (Å²) in [6.45, 7) is 1.65. The lowest BCUT2D eigenvalue weighted by Gasteiger charge is -2.06. The van der Waals surface area contributed by atoms with Crippen LogP contribution >= 0.6 is 15.9 Å². The summed E-state index contributed by atoms with van der Waals surface area (Å²) in [4.78, 5) is 14.4. The SMILES string of the molecule is CCOC(=O)c1nc(F)c(C(F)F)cc1Br. The number of aromatic nitrogens is 1. The zero-order valence-corrected chi connectivity index (χ0v) is 9.72. The van der Waals surface area contributed by atoms with E-state index in [1.807, 2.05) is 0 Å². The Morgan fingerprint density at radius 3 is 2.75 bits per heavy atom. The number of halogens is 4. The fraction of sp³-hybridized carbons (Fsp3) is 0.333. The molecule has 0 atom stereocenters. The third kappa shape index (κ3) is 2.72. The number of pyridine rings is 1. The van der Waals surface area contributed by atoms with Gasteiger partial charge >= 0.3 is 5.97 Å². The van der Waals surface area contributed by atoms with Crippen molar-refractivity contribution in [1.29, 1.82) is 0 Å². The third-order valence-electron chi connectivity index (χ3n) is 1.66. The summed E-state index contributed by atoms with van der Waals surface area (Å²) >= 11 is 2.86. The maximum atomic E-state index is 13.1. The van der Waals surface area contributed by atoms with E-state index in [1.165, 1.54) is 0 Å². The average Bonchev–Trinajstić information content (AvgIpc) is 2.20. The van der Waals surface area contributed by atoms with Crippen LogP contribution in [0.4, 0.5) is 13.2 Å². The zero-order valence-electron chi connectivity index (χ0n) is 8.14. The second-order valence-electron chi connectivity index (χ2n) is 2.72. The molecular weight excluding hydrogens is 291 g/mol. The number of rotatable bonds is 3. The van der Waals surface area contributed by atoms with Crippen LogP contribution in [-0.2, 0) is 4.74 Å². The molecule has 7 heteroatoms. The first kappa shape index (κ1) is 13.0. The molecule has 0 fully saturated rings. The van der Waals surface area contributed by atoms with Gasteiger partial charge in [-0.3, -0.25) is 0 Å². The number of hydrogen-bond acceptors (Lipinski definition) is 3. The van der Waals surface area contributed by atoms with Gasteiger partial charge in [-0.15, -0.1) is 0 Å². The van der Waals surface area contributed by atoms with Crippen LogP contribution in [-0.4, -0.2) is 17.6 Å². The van der Waals surface area contributed by atoms with Gasteiger partial charge in [0.1, 0.15) is 0 Å². The van der Waals surface area contributed by atoms with Gasteiger partial charge in [0.15, 0.2) is 5.69 Å². The summed E-state index contributed by atoms with van der Waals surface area (Å²) < 4.78 is 42.2. The molecule has 3 nitrogen and oxygen atoms in total. The number of carbonyl (C=O) groups excluding carboxylic acids is 1. The zero-order chi connectivity index (χ0) is 12.3. The molecular formula is C9H7BrF3NO2. The molecule has 0 spiro atoms. The van der Waals surface area contributed by atoms with Gasteiger partial charge in [-0.05, 0) is 28.9 Å². The number of hydrogen-bond donors (Lipinski definition) is 0. The lowest BCUT2D eigenvalue weighted by atomic mass is 10.2. The minimum atomic E-state index is -2.99. The summed E-state index contributed by atoms with van der Waals surface area (Å²) in [5, 5.41) is 0. The molecule has 88 valence electrons. The van der Waals surface area contributed by atoms with Gasteiger partial charge in [-0.2, -0.15) is 4.39 Å². The molecule has 0 N–H and O–H groups in total. The van der Waals surface area contributed by atoms with E-state index in [9.17, 15) is 18.0 Å². The van der Waals surface area contributed by atoms with Crippen LogP contribution in [0.5, 0.6) is 0 Å². The van der Waals surface area contributed by atoms with E-state index in [1.54, 1.807) is 6.92 Å². The first-order chi connectivity index (χ1) is 7.47. The van der Waals surface area contributed by atoms with Crippen molar-refractivity contribution in [3.63, 3.8) is 0 Å². The fourth-order valence-electron chi connectivity index (χ4n) is 0.976. The smallest absolute Gasteiger partial charge is 0.358 e. The highest BCUT2D eigenvalue weighted by Crippen LogP contribution is 2.26. The van der Waals surface area contributed by atoms with Crippen LogP contribution in [0.25, 0.3) is 0 Å². The van der Waals surface area contributed by atoms with E-state index >= 15 is 0 Å². The largest absolute Gasteiger partial charge is 0.461 e. The van der Waals surface area contributed by atoms with Crippen LogP contribution in [0.3, 0.4) is 0 Å². The van der Waals surface area contributed by atoms with E-state index in [2.05, 4.69) is 25.7 Å². The maximum Gasteiger partial charge on any atom is 0.358 e. The predicted molar refractivity (Wildman–Crippen MR) is 52.8 cm³/mol. The van der Waals surface area contributed by atoms with E-state index in [0.29, 0.717) is 0 Å². The lowest BCUT2D eigenvalue weighted by Crippen LogP contribution is -2.10. The predicted octanol–water partition coefficient (Wildman–Crippen LogP) is 3.10. The summed E-state index contributed by atoms with van der Waals surface area (Å²) in [5.41, 5.74) is -1.22. The Morgan fingerprint density at radius 1 is 1.62 bits per heavy atom. The van der Waals surface area contributed by atoms with Crippen LogP contribution in [0, 0.1) is 5.95 Å². The third-order valence-corrected chi connectivity index (χ3v) is 2.26. The molecule has 0 saturated carbocycles. The Kier molecular flexibility index (Phi) is 4.28. The molecule has 1 heterocycles. The standard InChI is InChI=1S/C9H7BrF3NO2/c1-2-16-9(15)6-5(10)3-4(7(11)12)8(13)14-6/h3,7H,2H2,1H3. The maximum absolute atomic E-state index is 13.1. The number of ether oxygens (including phenoxy) is 1. The molecule has 0 bridgehead atoms. The van der Waals surface area contributed by atoms with Crippen LogP contribution < -0.4 is 0 Å². The average molecular weight is 298 g/mol. The molecule has 0 aromatic carbocycles. The highest BCUT2D eigenvalue weighted by molar-refractivity contribution is 9.10. The van der Waals surface area contributed by atoms with Crippen molar-refractivity contribution in [2.75, 3.05) is 6.61 Å². The topological polar surface area (TPSA) is 39.2 Å². The molecule has 1 rings (SSSR count). The van der Waals surface area contributed by atoms with Crippen molar-refractivity contribution in [3.05, 3.63) is 27.7 Å². The summed E-state index contributed by atoms with van der Waals surface area (Å²) in [6.07, 6.45) is -2.99.